The van der Waals surface area contributed by atoms with Crippen LogP contribution in [0.2, 0.25) is 0 Å². The third-order valence-corrected chi connectivity index (χ3v) is 10.8. The summed E-state index contributed by atoms with van der Waals surface area (Å²) in [5, 5.41) is 5.47. The van der Waals surface area contributed by atoms with Gasteiger partial charge in [-0.2, -0.15) is 0 Å². The monoisotopic (exact) mass is 638 g/mol. The molecule has 0 saturated carbocycles. The van der Waals surface area contributed by atoms with Crippen molar-refractivity contribution >= 4 is 75.0 Å². The van der Waals surface area contributed by atoms with Gasteiger partial charge in [-0.3, -0.25) is 0 Å². The van der Waals surface area contributed by atoms with E-state index in [4.69, 9.17) is 24.4 Å². The molecule has 0 aliphatic carbocycles. The maximum Gasteiger partial charge on any atom is 0.164 e. The molecule has 7 heteroatoms. The molecule has 0 fully saturated rings. The summed E-state index contributed by atoms with van der Waals surface area (Å²) in [7, 11) is 0. The Hall–Kier alpha value is -5.76. The van der Waals surface area contributed by atoms with Crippen LogP contribution >= 0.6 is 22.7 Å². The van der Waals surface area contributed by atoms with Gasteiger partial charge in [-0.15, -0.1) is 22.7 Å². The lowest BCUT2D eigenvalue weighted by atomic mass is 10.0. The number of thiophene rings is 1. The molecule has 47 heavy (non-hydrogen) atoms. The highest BCUT2D eigenvalue weighted by Gasteiger charge is 2.19. The Bertz CT molecular complexity index is 2780. The van der Waals surface area contributed by atoms with Gasteiger partial charge in [0.15, 0.2) is 17.5 Å². The van der Waals surface area contributed by atoms with Gasteiger partial charge in [-0.1, -0.05) is 91.0 Å². The van der Waals surface area contributed by atoms with Gasteiger partial charge in [0.1, 0.15) is 16.2 Å². The number of aromatic nitrogens is 4. The Labute approximate surface area is 276 Å². The van der Waals surface area contributed by atoms with E-state index >= 15 is 0 Å². The summed E-state index contributed by atoms with van der Waals surface area (Å²) in [6.45, 7) is 0. The predicted molar refractivity (Wildman–Crippen MR) is 195 cm³/mol. The topological polar surface area (TPSA) is 64.7 Å². The second-order valence-electron chi connectivity index (χ2n) is 11.5. The van der Waals surface area contributed by atoms with Gasteiger partial charge >= 0.3 is 0 Å². The second kappa shape index (κ2) is 10.4. The molecule has 10 aromatic rings. The average Bonchev–Trinajstić information content (AvgIpc) is 3.84. The summed E-state index contributed by atoms with van der Waals surface area (Å²) in [5.74, 6) is 1.87. The third kappa shape index (κ3) is 4.35. The Morgan fingerprint density at radius 3 is 2.04 bits per heavy atom. The van der Waals surface area contributed by atoms with Crippen molar-refractivity contribution in [1.82, 2.24) is 19.9 Å². The molecular weight excluding hydrogens is 617 g/mol. The zero-order valence-electron chi connectivity index (χ0n) is 24.7. The molecule has 0 aliphatic heterocycles. The molecule has 4 aromatic heterocycles. The quantitative estimate of drug-likeness (QED) is 0.192. The molecule has 5 nitrogen and oxygen atoms in total. The highest BCUT2D eigenvalue weighted by Crippen LogP contribution is 2.40. The van der Waals surface area contributed by atoms with E-state index in [0.29, 0.717) is 17.5 Å². The molecule has 220 valence electrons. The first-order valence-electron chi connectivity index (χ1n) is 15.3. The van der Waals surface area contributed by atoms with Crippen molar-refractivity contribution in [3.63, 3.8) is 0 Å². The maximum absolute atomic E-state index is 6.46. The van der Waals surface area contributed by atoms with Gasteiger partial charge in [0, 0.05) is 53.2 Å². The molecule has 0 unspecified atom stereocenters. The van der Waals surface area contributed by atoms with E-state index in [1.54, 1.807) is 22.7 Å². The molecule has 0 aliphatic rings. The predicted octanol–water partition coefficient (Wildman–Crippen LogP) is 11.4. The number of para-hydroxylation sites is 1. The van der Waals surface area contributed by atoms with Gasteiger partial charge in [0.2, 0.25) is 0 Å². The first-order chi connectivity index (χ1) is 23.2. The van der Waals surface area contributed by atoms with Crippen LogP contribution in [-0.2, 0) is 0 Å². The summed E-state index contributed by atoms with van der Waals surface area (Å²) in [6.07, 6.45) is 0. The van der Waals surface area contributed by atoms with Crippen molar-refractivity contribution in [3.05, 3.63) is 133 Å². The minimum atomic E-state index is 0.605. The summed E-state index contributed by atoms with van der Waals surface area (Å²) in [5.41, 5.74) is 6.42. The number of rotatable bonds is 4. The Balaban J connectivity index is 1.16. The number of nitrogens with zero attached hydrogens (tertiary/aromatic N) is 4. The standard InChI is InChI=1S/C40H22N4OS2/c1-2-9-23(10-3-1)37-42-38(24-17-19-27-26-11-4-6-15-33(26)46-35(27)22-24)44-39(43-37)29-12-8-14-31-36(29)28-20-18-25(21-32(28)45-31)40-41-30-13-5-7-16-34(30)47-40/h1-22H. The highest BCUT2D eigenvalue weighted by molar-refractivity contribution is 7.25. The zero-order chi connectivity index (χ0) is 30.9. The number of hydrogen-bond acceptors (Lipinski definition) is 7. The molecule has 0 saturated heterocycles. The van der Waals surface area contributed by atoms with Crippen molar-refractivity contribution in [1.29, 1.82) is 0 Å². The Morgan fingerprint density at radius 1 is 0.426 bits per heavy atom. The summed E-state index contributed by atoms with van der Waals surface area (Å²) < 4.78 is 10.1. The van der Waals surface area contributed by atoms with Crippen molar-refractivity contribution < 1.29 is 4.42 Å². The molecule has 0 amide bonds. The minimum Gasteiger partial charge on any atom is -0.456 e. The number of thiazole rings is 1. The molecule has 0 atom stereocenters. The van der Waals surface area contributed by atoms with Crippen LogP contribution in [0, 0.1) is 0 Å². The molecule has 10 rings (SSSR count). The van der Waals surface area contributed by atoms with Gasteiger partial charge in [0.25, 0.3) is 0 Å². The molecule has 0 spiro atoms. The van der Waals surface area contributed by atoms with E-state index in [9.17, 15) is 0 Å². The fourth-order valence-electron chi connectivity index (χ4n) is 6.35. The highest BCUT2D eigenvalue weighted by atomic mass is 32.1. The minimum absolute atomic E-state index is 0.605. The van der Waals surface area contributed by atoms with Gasteiger partial charge in [-0.25, -0.2) is 19.9 Å². The van der Waals surface area contributed by atoms with E-state index in [1.807, 2.05) is 54.6 Å². The fraction of sp³-hybridized carbons (Fsp3) is 0. The van der Waals surface area contributed by atoms with Gasteiger partial charge < -0.3 is 4.42 Å². The number of hydrogen-bond donors (Lipinski definition) is 0. The van der Waals surface area contributed by atoms with Crippen LogP contribution in [0.25, 0.3) is 97.1 Å². The maximum atomic E-state index is 6.46. The smallest absolute Gasteiger partial charge is 0.164 e. The fourth-order valence-corrected chi connectivity index (χ4v) is 8.45. The molecule has 6 aromatic carbocycles. The second-order valence-corrected chi connectivity index (χ2v) is 13.6. The van der Waals surface area contributed by atoms with Crippen molar-refractivity contribution in [2.45, 2.75) is 0 Å². The normalized spacial score (nSPS) is 11.8. The number of benzene rings is 6. The lowest BCUT2D eigenvalue weighted by Crippen LogP contribution is -2.00. The van der Waals surface area contributed by atoms with E-state index in [-0.39, 0.29) is 0 Å². The zero-order valence-corrected chi connectivity index (χ0v) is 26.3. The van der Waals surface area contributed by atoms with Crippen LogP contribution < -0.4 is 0 Å². The third-order valence-electron chi connectivity index (χ3n) is 8.58. The van der Waals surface area contributed by atoms with E-state index in [2.05, 4.69) is 78.9 Å². The molecule has 0 N–H and O–H groups in total. The lowest BCUT2D eigenvalue weighted by molar-refractivity contribution is 0.669. The number of fused-ring (bicyclic) bond motifs is 7. The summed E-state index contributed by atoms with van der Waals surface area (Å²) in [6, 6.07) is 45.8. The van der Waals surface area contributed by atoms with E-state index in [1.165, 1.54) is 24.9 Å². The molecule has 0 radical (unpaired) electrons. The van der Waals surface area contributed by atoms with Crippen LogP contribution in [0.15, 0.2) is 138 Å². The van der Waals surface area contributed by atoms with Crippen LogP contribution in [0.3, 0.4) is 0 Å². The van der Waals surface area contributed by atoms with Crippen LogP contribution in [-0.4, -0.2) is 19.9 Å². The molecule has 4 heterocycles. The van der Waals surface area contributed by atoms with Crippen molar-refractivity contribution in [2.75, 3.05) is 0 Å². The summed E-state index contributed by atoms with van der Waals surface area (Å²) >= 11 is 3.48. The molecular formula is C40H22N4OS2. The van der Waals surface area contributed by atoms with Gasteiger partial charge in [-0.05, 0) is 42.5 Å². The average molecular weight is 639 g/mol. The van der Waals surface area contributed by atoms with Crippen LogP contribution in [0.5, 0.6) is 0 Å². The van der Waals surface area contributed by atoms with E-state index < -0.39 is 0 Å². The van der Waals surface area contributed by atoms with Crippen molar-refractivity contribution in [2.24, 2.45) is 0 Å². The van der Waals surface area contributed by atoms with Gasteiger partial charge in [0.05, 0.1) is 10.2 Å². The SMILES string of the molecule is c1ccc(-c2nc(-c3ccc4c(c3)sc3ccccc34)nc(-c3cccc4oc5cc(-c6nc7ccccc7s6)ccc5c34)n2)cc1. The Kier molecular flexibility index (Phi) is 5.85. The van der Waals surface area contributed by atoms with Crippen molar-refractivity contribution in [3.8, 4) is 44.7 Å². The first kappa shape index (κ1) is 26.5. The Morgan fingerprint density at radius 2 is 1.15 bits per heavy atom. The first-order valence-corrected chi connectivity index (χ1v) is 16.9. The van der Waals surface area contributed by atoms with Crippen LogP contribution in [0.1, 0.15) is 0 Å². The largest absolute Gasteiger partial charge is 0.456 e. The summed E-state index contributed by atoms with van der Waals surface area (Å²) in [4.78, 5) is 20.0. The van der Waals surface area contributed by atoms with Crippen LogP contribution in [0.4, 0.5) is 0 Å². The number of furan rings is 1. The van der Waals surface area contributed by atoms with E-state index in [0.717, 1.165) is 54.7 Å². The molecule has 0 bridgehead atoms. The lowest BCUT2D eigenvalue weighted by Gasteiger charge is -2.09.